The van der Waals surface area contributed by atoms with Gasteiger partial charge in [-0.1, -0.05) is 0 Å². The molecule has 5 heteroatoms. The van der Waals surface area contributed by atoms with Gasteiger partial charge in [-0.25, -0.2) is 0 Å². The Bertz CT molecular complexity index is 1170. The summed E-state index contributed by atoms with van der Waals surface area (Å²) in [5, 5.41) is 3.25. The first kappa shape index (κ1) is 21.8. The molecule has 0 spiro atoms. The summed E-state index contributed by atoms with van der Waals surface area (Å²) in [5.74, 6) is -3.42. The van der Waals surface area contributed by atoms with E-state index >= 15 is 0 Å². The number of benzene rings is 4. The molecule has 0 atom stereocenters. The van der Waals surface area contributed by atoms with Gasteiger partial charge in [0.25, 0.3) is 0 Å². The quantitative estimate of drug-likeness (QED) is 0.362. The fourth-order valence-corrected chi connectivity index (χ4v) is 10.9. The van der Waals surface area contributed by atoms with Crippen LogP contribution in [0.2, 0.25) is 0 Å². The Morgan fingerprint density at radius 1 is 0.613 bits per heavy atom. The number of hydrogen-bond donors (Lipinski definition) is 0. The van der Waals surface area contributed by atoms with Gasteiger partial charge in [0.05, 0.1) is 0 Å². The second-order valence-corrected chi connectivity index (χ2v) is 16.2. The zero-order valence-electron chi connectivity index (χ0n) is 17.2. The van der Waals surface area contributed by atoms with Crippen LogP contribution in [0.1, 0.15) is 5.56 Å². The van der Waals surface area contributed by atoms with E-state index < -0.39 is 15.8 Å². The molecule has 0 aliphatic heterocycles. The molecule has 0 saturated carbocycles. The van der Waals surface area contributed by atoms with Gasteiger partial charge in [-0.2, -0.15) is 0 Å². The van der Waals surface area contributed by atoms with Gasteiger partial charge in [0.15, 0.2) is 0 Å². The van der Waals surface area contributed by atoms with Crippen molar-refractivity contribution < 1.29 is 8.42 Å². The summed E-state index contributed by atoms with van der Waals surface area (Å²) in [6, 6.07) is 37.9. The molecule has 0 N–H and O–H groups in total. The van der Waals surface area contributed by atoms with E-state index in [0.29, 0.717) is 11.1 Å². The Morgan fingerprint density at radius 2 is 0.968 bits per heavy atom. The van der Waals surface area contributed by atoms with E-state index in [-0.39, 0.29) is 0 Å². The summed E-state index contributed by atoms with van der Waals surface area (Å²) in [6.45, 7) is 0. The van der Waals surface area contributed by atoms with Crippen molar-refractivity contribution in [2.24, 2.45) is 0 Å². The molecule has 0 fully saturated rings. The normalized spacial score (nSPS) is 13.3. The van der Waals surface area contributed by atoms with Gasteiger partial charge in [0, 0.05) is 0 Å². The zero-order chi connectivity index (χ0) is 22.0. The molecule has 31 heavy (non-hydrogen) atoms. The van der Waals surface area contributed by atoms with Crippen LogP contribution in [0, 0.1) is 0 Å². The molecule has 0 bridgehead atoms. The molecule has 0 heterocycles. The molecular weight excluding hydrogens is 443 g/mol. The van der Waals surface area contributed by atoms with Crippen LogP contribution in [0.25, 0.3) is 0 Å². The Balaban J connectivity index is 2.01. The van der Waals surface area contributed by atoms with Crippen LogP contribution in [0.15, 0.2) is 120 Å². The third-order valence-corrected chi connectivity index (χ3v) is 14.0. The van der Waals surface area contributed by atoms with E-state index in [9.17, 15) is 8.42 Å². The first-order valence-electron chi connectivity index (χ1n) is 10.0. The predicted molar refractivity (Wildman–Crippen MR) is 134 cm³/mol. The van der Waals surface area contributed by atoms with E-state index in [1.165, 1.54) is 6.26 Å². The van der Waals surface area contributed by atoms with Crippen molar-refractivity contribution in [1.29, 1.82) is 0 Å². The van der Waals surface area contributed by atoms with Crippen LogP contribution in [0.4, 0.5) is 0 Å². The van der Waals surface area contributed by atoms with E-state index in [2.05, 4.69) is 36.4 Å². The monoisotopic (exact) mass is 466 g/mol. The molecule has 4 aromatic carbocycles. The van der Waals surface area contributed by atoms with E-state index in [1.807, 2.05) is 66.7 Å². The average Bonchev–Trinajstić information content (AvgIpc) is 2.81. The van der Waals surface area contributed by atoms with Gasteiger partial charge >= 0.3 is 190 Å². The SMILES string of the molecule is CS(=O)(=O)c1ccc(CP(Cl)(c2ccccc2)(c2ccccc2)c2ccccc2)cc1. The summed E-state index contributed by atoms with van der Waals surface area (Å²) in [6.07, 6.45) is 1.80. The van der Waals surface area contributed by atoms with Gasteiger partial charge in [0.1, 0.15) is 0 Å². The van der Waals surface area contributed by atoms with Gasteiger partial charge < -0.3 is 0 Å². The second kappa shape index (κ2) is 8.24. The topological polar surface area (TPSA) is 34.1 Å². The Kier molecular flexibility index (Phi) is 5.79. The standard InChI is InChI=1S/C26H24ClO2PS/c1-31(28,29)26-19-17-22(18-20-26)21-30(27,23-11-5-2-6-12-23,24-13-7-3-8-14-24)25-15-9-4-10-16-25/h2-20H,21H2,1H3. The fourth-order valence-electron chi connectivity index (χ4n) is 4.12. The number of rotatable bonds is 6. The van der Waals surface area contributed by atoms with Crippen molar-refractivity contribution in [2.45, 2.75) is 11.1 Å². The van der Waals surface area contributed by atoms with Crippen LogP contribution in [-0.2, 0) is 16.0 Å². The van der Waals surface area contributed by atoms with Crippen molar-refractivity contribution in [3.63, 3.8) is 0 Å². The predicted octanol–water partition coefficient (Wildman–Crippen LogP) is 5.27. The fraction of sp³-hybridized carbons (Fsp3) is 0.0769. The molecule has 0 unspecified atom stereocenters. The molecule has 0 amide bonds. The van der Waals surface area contributed by atoms with Gasteiger partial charge in [-0.3, -0.25) is 0 Å². The van der Waals surface area contributed by atoms with Crippen LogP contribution in [-0.4, -0.2) is 14.7 Å². The van der Waals surface area contributed by atoms with Crippen molar-refractivity contribution in [2.75, 3.05) is 6.26 Å². The Hall–Kier alpha value is -2.45. The number of hydrogen-bond acceptors (Lipinski definition) is 2. The van der Waals surface area contributed by atoms with Crippen LogP contribution >= 0.6 is 17.2 Å². The molecule has 0 radical (unpaired) electrons. The molecule has 0 aliphatic carbocycles. The first-order chi connectivity index (χ1) is 14.8. The van der Waals surface area contributed by atoms with Crippen molar-refractivity contribution in [3.05, 3.63) is 121 Å². The summed E-state index contributed by atoms with van der Waals surface area (Å²) in [5.41, 5.74) is 0.997. The molecule has 0 saturated heterocycles. The minimum absolute atomic E-state index is 0.310. The minimum atomic E-state index is -3.42. The van der Waals surface area contributed by atoms with Crippen LogP contribution in [0.3, 0.4) is 0 Å². The van der Waals surface area contributed by atoms with Crippen LogP contribution in [0.5, 0.6) is 0 Å². The van der Waals surface area contributed by atoms with Gasteiger partial charge in [0.2, 0.25) is 0 Å². The van der Waals surface area contributed by atoms with Crippen molar-refractivity contribution in [3.8, 4) is 0 Å². The number of halogens is 1. The molecule has 4 aromatic rings. The average molecular weight is 467 g/mol. The Morgan fingerprint density at radius 3 is 1.29 bits per heavy atom. The summed E-state index contributed by atoms with van der Waals surface area (Å²) in [7, 11) is -3.26. The molecule has 4 rings (SSSR count). The second-order valence-electron chi connectivity index (χ2n) is 7.76. The van der Waals surface area contributed by atoms with Gasteiger partial charge in [-0.05, 0) is 0 Å². The van der Waals surface area contributed by atoms with Crippen molar-refractivity contribution >= 4 is 42.9 Å². The summed E-state index contributed by atoms with van der Waals surface area (Å²) in [4.78, 5) is 0.310. The Labute approximate surface area is 189 Å². The van der Waals surface area contributed by atoms with E-state index in [1.54, 1.807) is 12.1 Å². The number of sulfone groups is 1. The molecule has 2 nitrogen and oxygen atoms in total. The van der Waals surface area contributed by atoms with Crippen LogP contribution < -0.4 is 15.9 Å². The van der Waals surface area contributed by atoms with Crippen molar-refractivity contribution in [1.82, 2.24) is 0 Å². The van der Waals surface area contributed by atoms with E-state index in [4.69, 9.17) is 11.2 Å². The van der Waals surface area contributed by atoms with Gasteiger partial charge in [-0.15, -0.1) is 0 Å². The zero-order valence-corrected chi connectivity index (χ0v) is 19.7. The summed E-state index contributed by atoms with van der Waals surface area (Å²) >= 11 is 8.05. The maximum absolute atomic E-state index is 11.9. The molecule has 0 aromatic heterocycles. The molecule has 0 aliphatic rings. The third kappa shape index (κ3) is 3.94. The maximum atomic E-state index is 11.9. The molecule has 158 valence electrons. The summed E-state index contributed by atoms with van der Waals surface area (Å²) < 4.78 is 23.9. The molecular formula is C26H24ClO2PS. The van der Waals surface area contributed by atoms with E-state index in [0.717, 1.165) is 21.5 Å². The third-order valence-electron chi connectivity index (χ3n) is 5.71. The first-order valence-corrected chi connectivity index (χ1v) is 15.2.